The average Bonchev–Trinajstić information content (AvgIpc) is 2.38. The Kier molecular flexibility index (Phi) is 5.34. The number of likely N-dealkylation sites (N-methyl/N-ethyl adjacent to an activating group) is 2. The molecule has 0 atom stereocenters. The highest BCUT2D eigenvalue weighted by atomic mass is 16.2. The molecule has 1 aromatic carbocycles. The summed E-state index contributed by atoms with van der Waals surface area (Å²) in [5.74, 6) is 0.00527. The van der Waals surface area contributed by atoms with Crippen molar-refractivity contribution >= 4 is 11.6 Å². The Hall–Kier alpha value is -2.06. The van der Waals surface area contributed by atoms with Crippen molar-refractivity contribution in [3.8, 4) is 6.07 Å². The summed E-state index contributed by atoms with van der Waals surface area (Å²) >= 11 is 0. The van der Waals surface area contributed by atoms with E-state index in [0.717, 1.165) is 17.8 Å². The van der Waals surface area contributed by atoms with Crippen LogP contribution in [0.1, 0.15) is 11.1 Å². The van der Waals surface area contributed by atoms with Gasteiger partial charge in [0.05, 0.1) is 17.8 Å². The number of carbonyl (C=O) groups is 1. The van der Waals surface area contributed by atoms with Crippen LogP contribution in [0.4, 0.5) is 5.69 Å². The summed E-state index contributed by atoms with van der Waals surface area (Å²) < 4.78 is 0. The first-order valence-corrected chi connectivity index (χ1v) is 6.08. The zero-order valence-electron chi connectivity index (χ0n) is 11.9. The van der Waals surface area contributed by atoms with E-state index >= 15 is 0 Å². The molecule has 0 heterocycles. The topological polar surface area (TPSA) is 59.4 Å². The number of rotatable bonds is 5. The Morgan fingerprint density at radius 2 is 2.05 bits per heavy atom. The molecule has 0 aliphatic carbocycles. The third-order valence-electron chi connectivity index (χ3n) is 2.84. The number of nitriles is 1. The fourth-order valence-electron chi connectivity index (χ4n) is 1.75. The fourth-order valence-corrected chi connectivity index (χ4v) is 1.75. The summed E-state index contributed by atoms with van der Waals surface area (Å²) in [5.41, 5.74) is 2.41. The van der Waals surface area contributed by atoms with E-state index in [9.17, 15) is 10.1 Å². The first kappa shape index (κ1) is 15.0. The van der Waals surface area contributed by atoms with Crippen molar-refractivity contribution in [2.45, 2.75) is 6.54 Å². The summed E-state index contributed by atoms with van der Waals surface area (Å²) in [6.07, 6.45) is 0. The Morgan fingerprint density at radius 1 is 1.37 bits per heavy atom. The Labute approximate surface area is 114 Å². The van der Waals surface area contributed by atoms with Crippen molar-refractivity contribution in [2.75, 3.05) is 39.6 Å². The van der Waals surface area contributed by atoms with Crippen LogP contribution in [0.25, 0.3) is 0 Å². The second-order valence-electron chi connectivity index (χ2n) is 4.64. The Bertz CT molecular complexity index is 491. The summed E-state index contributed by atoms with van der Waals surface area (Å²) in [6, 6.07) is 7.88. The van der Waals surface area contributed by atoms with Crippen molar-refractivity contribution in [1.29, 1.82) is 5.26 Å². The number of hydrogen-bond donors (Lipinski definition) is 1. The van der Waals surface area contributed by atoms with Gasteiger partial charge in [-0.2, -0.15) is 5.26 Å². The molecule has 1 rings (SSSR count). The van der Waals surface area contributed by atoms with Gasteiger partial charge < -0.3 is 15.1 Å². The first-order chi connectivity index (χ1) is 8.99. The van der Waals surface area contributed by atoms with Crippen LogP contribution < -0.4 is 10.2 Å². The predicted molar refractivity (Wildman–Crippen MR) is 75.9 cm³/mol. The van der Waals surface area contributed by atoms with Crippen molar-refractivity contribution in [3.63, 3.8) is 0 Å². The van der Waals surface area contributed by atoms with Gasteiger partial charge in [0.1, 0.15) is 6.07 Å². The lowest BCUT2D eigenvalue weighted by Gasteiger charge is -2.22. The quantitative estimate of drug-likeness (QED) is 0.851. The minimum absolute atomic E-state index is 0.00527. The predicted octanol–water partition coefficient (Wildman–Crippen LogP) is 0.802. The molecule has 0 aliphatic rings. The van der Waals surface area contributed by atoms with Gasteiger partial charge >= 0.3 is 0 Å². The molecule has 0 unspecified atom stereocenters. The van der Waals surface area contributed by atoms with E-state index in [1.54, 1.807) is 19.0 Å². The van der Waals surface area contributed by atoms with Crippen LogP contribution in [0, 0.1) is 11.3 Å². The lowest BCUT2D eigenvalue weighted by atomic mass is 10.1. The highest BCUT2D eigenvalue weighted by Gasteiger charge is 2.12. The van der Waals surface area contributed by atoms with E-state index in [1.807, 2.05) is 32.3 Å². The Balaban J connectivity index is 2.94. The van der Waals surface area contributed by atoms with Gasteiger partial charge in [0, 0.05) is 27.7 Å². The molecule has 0 fully saturated rings. The van der Waals surface area contributed by atoms with Gasteiger partial charge in [-0.05, 0) is 24.7 Å². The minimum atomic E-state index is 0.00527. The van der Waals surface area contributed by atoms with Crippen LogP contribution >= 0.6 is 0 Å². The highest BCUT2D eigenvalue weighted by molar-refractivity contribution is 5.81. The van der Waals surface area contributed by atoms with Crippen molar-refractivity contribution in [1.82, 2.24) is 10.2 Å². The summed E-state index contributed by atoms with van der Waals surface area (Å²) in [7, 11) is 7.12. The molecule has 0 saturated carbocycles. The molecule has 0 aromatic heterocycles. The Morgan fingerprint density at radius 3 is 2.58 bits per heavy atom. The largest absolute Gasteiger partial charge is 0.364 e. The van der Waals surface area contributed by atoms with Gasteiger partial charge in [-0.15, -0.1) is 0 Å². The molecule has 102 valence electrons. The monoisotopic (exact) mass is 260 g/mol. The number of amides is 1. The zero-order valence-corrected chi connectivity index (χ0v) is 11.9. The third kappa shape index (κ3) is 3.97. The molecule has 19 heavy (non-hydrogen) atoms. The number of nitrogens with zero attached hydrogens (tertiary/aromatic N) is 3. The molecule has 0 radical (unpaired) electrons. The summed E-state index contributed by atoms with van der Waals surface area (Å²) in [4.78, 5) is 15.0. The SMILES string of the molecule is CNCc1ccc(N(C)CC(=O)N(C)C)c(C#N)c1. The molecular formula is C14H20N4O. The molecule has 1 amide bonds. The zero-order chi connectivity index (χ0) is 14.4. The van der Waals surface area contributed by atoms with Crippen molar-refractivity contribution in [3.05, 3.63) is 29.3 Å². The maximum absolute atomic E-state index is 11.7. The van der Waals surface area contributed by atoms with E-state index in [1.165, 1.54) is 4.90 Å². The standard InChI is InChI=1S/C14H20N4O/c1-16-9-11-5-6-13(12(7-11)8-15)18(4)10-14(19)17(2)3/h5-7,16H,9-10H2,1-4H3. The molecule has 0 spiro atoms. The maximum atomic E-state index is 11.7. The van der Waals surface area contributed by atoms with Gasteiger partial charge in [-0.3, -0.25) is 4.79 Å². The average molecular weight is 260 g/mol. The smallest absolute Gasteiger partial charge is 0.241 e. The van der Waals surface area contributed by atoms with Crippen LogP contribution in [-0.2, 0) is 11.3 Å². The lowest BCUT2D eigenvalue weighted by molar-refractivity contribution is -0.127. The van der Waals surface area contributed by atoms with Gasteiger partial charge in [0.2, 0.25) is 5.91 Å². The third-order valence-corrected chi connectivity index (χ3v) is 2.84. The van der Waals surface area contributed by atoms with Gasteiger partial charge in [-0.1, -0.05) is 6.07 Å². The van der Waals surface area contributed by atoms with E-state index in [-0.39, 0.29) is 12.5 Å². The van der Waals surface area contributed by atoms with Gasteiger partial charge in [-0.25, -0.2) is 0 Å². The van der Waals surface area contributed by atoms with Crippen LogP contribution in [-0.4, -0.2) is 45.5 Å². The second kappa shape index (κ2) is 6.76. The number of carbonyl (C=O) groups excluding carboxylic acids is 1. The normalized spacial score (nSPS) is 9.84. The van der Waals surface area contributed by atoms with Crippen molar-refractivity contribution < 1.29 is 4.79 Å². The number of nitrogens with one attached hydrogen (secondary N) is 1. The van der Waals surface area contributed by atoms with Crippen LogP contribution in [0.5, 0.6) is 0 Å². The minimum Gasteiger partial charge on any atom is -0.364 e. The lowest BCUT2D eigenvalue weighted by Crippen LogP contribution is -2.34. The molecule has 5 heteroatoms. The molecule has 0 aliphatic heterocycles. The molecule has 0 bridgehead atoms. The van der Waals surface area contributed by atoms with Gasteiger partial charge in [0.15, 0.2) is 0 Å². The van der Waals surface area contributed by atoms with Crippen LogP contribution in [0.15, 0.2) is 18.2 Å². The van der Waals surface area contributed by atoms with E-state index in [2.05, 4.69) is 11.4 Å². The van der Waals surface area contributed by atoms with E-state index < -0.39 is 0 Å². The molecule has 1 N–H and O–H groups in total. The van der Waals surface area contributed by atoms with Crippen molar-refractivity contribution in [2.24, 2.45) is 0 Å². The number of benzene rings is 1. The highest BCUT2D eigenvalue weighted by Crippen LogP contribution is 2.20. The molecule has 5 nitrogen and oxygen atoms in total. The number of hydrogen-bond acceptors (Lipinski definition) is 4. The summed E-state index contributed by atoms with van der Waals surface area (Å²) in [5, 5.41) is 12.3. The molecular weight excluding hydrogens is 240 g/mol. The fraction of sp³-hybridized carbons (Fsp3) is 0.429. The van der Waals surface area contributed by atoms with E-state index in [0.29, 0.717) is 5.56 Å². The van der Waals surface area contributed by atoms with Gasteiger partial charge in [0.25, 0.3) is 0 Å². The second-order valence-corrected chi connectivity index (χ2v) is 4.64. The molecule has 0 saturated heterocycles. The van der Waals surface area contributed by atoms with Crippen LogP contribution in [0.3, 0.4) is 0 Å². The summed E-state index contributed by atoms with van der Waals surface area (Å²) in [6.45, 7) is 0.975. The van der Waals surface area contributed by atoms with Crippen LogP contribution in [0.2, 0.25) is 0 Å². The molecule has 1 aromatic rings. The van der Waals surface area contributed by atoms with E-state index in [4.69, 9.17) is 0 Å². The maximum Gasteiger partial charge on any atom is 0.241 e. The number of anilines is 1. The first-order valence-electron chi connectivity index (χ1n) is 6.08.